The van der Waals surface area contributed by atoms with Gasteiger partial charge in [-0.25, -0.2) is 0 Å². The van der Waals surface area contributed by atoms with Crippen molar-refractivity contribution < 1.29 is 9.59 Å². The SMILES string of the molecule is CCCCN1C(=O)c2cccc3c(NC(=O)c4cccc(Cl)c4)ccc1c23. The standard InChI is InChI=1S/C22H19ClN2O2/c1-2-3-12-25-19-11-10-18(16-8-5-9-17(20(16)19)22(25)27)24-21(26)14-6-4-7-15(23)13-14/h4-11,13H,2-3,12H2,1H3,(H,24,26). The number of anilines is 2. The Morgan fingerprint density at radius 1 is 1.11 bits per heavy atom. The summed E-state index contributed by atoms with van der Waals surface area (Å²) < 4.78 is 0. The van der Waals surface area contributed by atoms with Gasteiger partial charge in [-0.3, -0.25) is 9.59 Å². The first-order chi connectivity index (χ1) is 13.1. The van der Waals surface area contributed by atoms with E-state index in [9.17, 15) is 9.59 Å². The quantitative estimate of drug-likeness (QED) is 0.636. The molecule has 1 aliphatic rings. The molecule has 5 heteroatoms. The lowest BCUT2D eigenvalue weighted by Crippen LogP contribution is -2.27. The lowest BCUT2D eigenvalue weighted by Gasteiger charge is -2.17. The summed E-state index contributed by atoms with van der Waals surface area (Å²) in [6, 6.07) is 16.3. The first-order valence-electron chi connectivity index (χ1n) is 9.04. The molecule has 0 unspecified atom stereocenters. The molecule has 4 nitrogen and oxygen atoms in total. The van der Waals surface area contributed by atoms with E-state index in [1.54, 1.807) is 24.3 Å². The number of hydrogen-bond acceptors (Lipinski definition) is 2. The number of carbonyl (C=O) groups excluding carboxylic acids is 2. The molecule has 0 aliphatic carbocycles. The van der Waals surface area contributed by atoms with Gasteiger partial charge in [0.2, 0.25) is 0 Å². The number of benzene rings is 3. The molecule has 1 aliphatic heterocycles. The molecule has 2 amide bonds. The molecule has 0 fully saturated rings. The number of nitrogens with one attached hydrogen (secondary N) is 1. The molecule has 0 bridgehead atoms. The van der Waals surface area contributed by atoms with Crippen LogP contribution in [-0.4, -0.2) is 18.4 Å². The van der Waals surface area contributed by atoms with Crippen molar-refractivity contribution in [3.8, 4) is 0 Å². The number of unbranched alkanes of at least 4 members (excludes halogenated alkanes) is 1. The molecule has 136 valence electrons. The van der Waals surface area contributed by atoms with E-state index >= 15 is 0 Å². The fourth-order valence-corrected chi connectivity index (χ4v) is 3.71. The van der Waals surface area contributed by atoms with E-state index in [2.05, 4.69) is 12.2 Å². The van der Waals surface area contributed by atoms with Gasteiger partial charge in [0.05, 0.1) is 5.69 Å². The Morgan fingerprint density at radius 3 is 2.70 bits per heavy atom. The second-order valence-corrected chi connectivity index (χ2v) is 7.07. The highest BCUT2D eigenvalue weighted by Crippen LogP contribution is 2.40. The van der Waals surface area contributed by atoms with Crippen LogP contribution in [-0.2, 0) is 0 Å². The molecule has 0 spiro atoms. The fourth-order valence-electron chi connectivity index (χ4n) is 3.52. The minimum Gasteiger partial charge on any atom is -0.321 e. The second-order valence-electron chi connectivity index (χ2n) is 6.64. The van der Waals surface area contributed by atoms with Crippen LogP contribution < -0.4 is 10.2 Å². The Kier molecular flexibility index (Phi) is 4.58. The maximum Gasteiger partial charge on any atom is 0.258 e. The van der Waals surface area contributed by atoms with Gasteiger partial charge in [0.25, 0.3) is 11.8 Å². The smallest absolute Gasteiger partial charge is 0.258 e. The summed E-state index contributed by atoms with van der Waals surface area (Å²) in [6.45, 7) is 2.81. The zero-order valence-electron chi connectivity index (χ0n) is 15.0. The van der Waals surface area contributed by atoms with Crippen molar-refractivity contribution in [2.75, 3.05) is 16.8 Å². The van der Waals surface area contributed by atoms with Crippen LogP contribution in [0.2, 0.25) is 5.02 Å². The van der Waals surface area contributed by atoms with Gasteiger partial charge in [0.15, 0.2) is 0 Å². The van der Waals surface area contributed by atoms with Crippen molar-refractivity contribution in [3.63, 3.8) is 0 Å². The van der Waals surface area contributed by atoms with E-state index in [4.69, 9.17) is 11.6 Å². The summed E-state index contributed by atoms with van der Waals surface area (Å²) >= 11 is 5.99. The Balaban J connectivity index is 1.74. The maximum atomic E-state index is 12.8. The molecule has 27 heavy (non-hydrogen) atoms. The zero-order chi connectivity index (χ0) is 19.0. The number of carbonyl (C=O) groups is 2. The van der Waals surface area contributed by atoms with Crippen LogP contribution in [0.4, 0.5) is 11.4 Å². The topological polar surface area (TPSA) is 49.4 Å². The highest BCUT2D eigenvalue weighted by molar-refractivity contribution is 6.31. The van der Waals surface area contributed by atoms with Crippen molar-refractivity contribution in [2.24, 2.45) is 0 Å². The van der Waals surface area contributed by atoms with E-state index in [0.717, 1.165) is 29.3 Å². The molecule has 3 aromatic carbocycles. The summed E-state index contributed by atoms with van der Waals surface area (Å²) in [5, 5.41) is 5.24. The molecule has 4 rings (SSSR count). The molecule has 0 saturated carbocycles. The summed E-state index contributed by atoms with van der Waals surface area (Å²) in [7, 11) is 0. The average Bonchev–Trinajstić information content (AvgIpc) is 2.95. The lowest BCUT2D eigenvalue weighted by atomic mass is 10.0. The minimum absolute atomic E-state index is 0.0300. The van der Waals surface area contributed by atoms with Gasteiger partial charge in [0.1, 0.15) is 0 Å². The van der Waals surface area contributed by atoms with Gasteiger partial charge < -0.3 is 10.2 Å². The van der Waals surface area contributed by atoms with Gasteiger partial charge in [-0.1, -0.05) is 43.1 Å². The highest BCUT2D eigenvalue weighted by atomic mass is 35.5. The van der Waals surface area contributed by atoms with Crippen molar-refractivity contribution >= 4 is 45.6 Å². The first kappa shape index (κ1) is 17.6. The zero-order valence-corrected chi connectivity index (χ0v) is 15.7. The van der Waals surface area contributed by atoms with Crippen LogP contribution >= 0.6 is 11.6 Å². The lowest BCUT2D eigenvalue weighted by molar-refractivity contribution is 0.0991. The van der Waals surface area contributed by atoms with Crippen molar-refractivity contribution in [3.05, 3.63) is 70.7 Å². The normalized spacial score (nSPS) is 12.7. The highest BCUT2D eigenvalue weighted by Gasteiger charge is 2.30. The first-order valence-corrected chi connectivity index (χ1v) is 9.42. The van der Waals surface area contributed by atoms with Gasteiger partial charge in [0, 0.05) is 39.2 Å². The number of halogens is 1. The summed E-state index contributed by atoms with van der Waals surface area (Å²) in [6.07, 6.45) is 1.98. The van der Waals surface area contributed by atoms with Gasteiger partial charge in [-0.2, -0.15) is 0 Å². The van der Waals surface area contributed by atoms with E-state index in [0.29, 0.717) is 28.4 Å². The van der Waals surface area contributed by atoms with E-state index in [1.165, 1.54) is 0 Å². The Hall–Kier alpha value is -2.85. The average molecular weight is 379 g/mol. The van der Waals surface area contributed by atoms with Crippen LogP contribution in [0.3, 0.4) is 0 Å². The van der Waals surface area contributed by atoms with Crippen LogP contribution in [0.5, 0.6) is 0 Å². The number of nitrogens with zero attached hydrogens (tertiary/aromatic N) is 1. The van der Waals surface area contributed by atoms with Crippen LogP contribution in [0.1, 0.15) is 40.5 Å². The molecule has 3 aromatic rings. The van der Waals surface area contributed by atoms with Crippen LogP contribution in [0, 0.1) is 0 Å². The molecule has 1 heterocycles. The molecule has 0 atom stereocenters. The predicted octanol–water partition coefficient (Wildman–Crippen LogP) is 5.51. The summed E-state index contributed by atoms with van der Waals surface area (Å²) in [5.74, 6) is -0.201. The predicted molar refractivity (Wildman–Crippen MR) is 110 cm³/mol. The van der Waals surface area contributed by atoms with E-state index < -0.39 is 0 Å². The molecular weight excluding hydrogens is 360 g/mol. The van der Waals surface area contributed by atoms with Gasteiger partial charge in [-0.15, -0.1) is 0 Å². The van der Waals surface area contributed by atoms with Gasteiger partial charge in [-0.05, 0) is 42.8 Å². The monoisotopic (exact) mass is 378 g/mol. The molecule has 0 aromatic heterocycles. The maximum absolute atomic E-state index is 12.8. The molecular formula is C22H19ClN2O2. The van der Waals surface area contributed by atoms with Crippen LogP contribution in [0.15, 0.2) is 54.6 Å². The summed E-state index contributed by atoms with van der Waals surface area (Å²) in [4.78, 5) is 27.3. The van der Waals surface area contributed by atoms with Crippen molar-refractivity contribution in [1.82, 2.24) is 0 Å². The number of amides is 2. The van der Waals surface area contributed by atoms with E-state index in [-0.39, 0.29) is 11.8 Å². The second kappa shape index (κ2) is 7.05. The Bertz CT molecular complexity index is 1060. The third-order valence-corrected chi connectivity index (χ3v) is 5.09. The minimum atomic E-state index is -0.231. The van der Waals surface area contributed by atoms with Crippen molar-refractivity contribution in [2.45, 2.75) is 19.8 Å². The summed E-state index contributed by atoms with van der Waals surface area (Å²) in [5.41, 5.74) is 2.79. The third-order valence-electron chi connectivity index (χ3n) is 4.86. The molecule has 0 saturated heterocycles. The third kappa shape index (κ3) is 3.06. The largest absolute Gasteiger partial charge is 0.321 e. The van der Waals surface area contributed by atoms with Gasteiger partial charge >= 0.3 is 0 Å². The molecule has 1 N–H and O–H groups in total. The Morgan fingerprint density at radius 2 is 1.93 bits per heavy atom. The fraction of sp³-hybridized carbons (Fsp3) is 0.182. The number of rotatable bonds is 5. The number of hydrogen-bond donors (Lipinski definition) is 1. The van der Waals surface area contributed by atoms with Crippen molar-refractivity contribution in [1.29, 1.82) is 0 Å². The van der Waals surface area contributed by atoms with E-state index in [1.807, 2.05) is 35.2 Å². The van der Waals surface area contributed by atoms with Crippen LogP contribution in [0.25, 0.3) is 10.8 Å². The Labute approximate surface area is 162 Å². The molecule has 0 radical (unpaired) electrons.